The van der Waals surface area contributed by atoms with Crippen LogP contribution in [0.1, 0.15) is 27.2 Å². The van der Waals surface area contributed by atoms with E-state index < -0.39 is 0 Å². The summed E-state index contributed by atoms with van der Waals surface area (Å²) in [5.74, 6) is 0.833. The Kier molecular flexibility index (Phi) is 8.11. The predicted molar refractivity (Wildman–Crippen MR) is 83.9 cm³/mol. The highest BCUT2D eigenvalue weighted by molar-refractivity contribution is 5.82. The van der Waals surface area contributed by atoms with Gasteiger partial charge in [-0.3, -0.25) is 9.69 Å². The molecule has 0 aromatic heterocycles. The van der Waals surface area contributed by atoms with Crippen molar-refractivity contribution in [2.75, 3.05) is 52.9 Å². The molecule has 0 saturated carbocycles. The number of nitrogens with one attached hydrogen (secondary N) is 2. The van der Waals surface area contributed by atoms with Crippen LogP contribution in [0.25, 0.3) is 0 Å². The van der Waals surface area contributed by atoms with E-state index in [2.05, 4.69) is 48.3 Å². The Morgan fingerprint density at radius 1 is 1.35 bits per heavy atom. The highest BCUT2D eigenvalue weighted by Crippen LogP contribution is 2.18. The highest BCUT2D eigenvalue weighted by atomic mass is 16.2. The van der Waals surface area contributed by atoms with Crippen molar-refractivity contribution in [3.8, 4) is 0 Å². The molecule has 1 fully saturated rings. The molecule has 0 aromatic carbocycles. The summed E-state index contributed by atoms with van der Waals surface area (Å²) in [6.07, 6.45) is 1.01. The molecular formula is C15H32N4O. The lowest BCUT2D eigenvalue weighted by molar-refractivity contribution is -0.131. The van der Waals surface area contributed by atoms with Crippen LogP contribution in [0.5, 0.6) is 0 Å². The fraction of sp³-hybridized carbons (Fsp3) is 0.933. The van der Waals surface area contributed by atoms with Gasteiger partial charge in [0.1, 0.15) is 0 Å². The number of amides is 1. The number of rotatable bonds is 10. The maximum atomic E-state index is 12.1. The molecule has 1 amide bonds. The first-order valence-corrected chi connectivity index (χ1v) is 7.95. The number of likely N-dealkylation sites (N-methyl/N-ethyl adjacent to an activating group) is 2. The van der Waals surface area contributed by atoms with E-state index in [9.17, 15) is 4.79 Å². The van der Waals surface area contributed by atoms with E-state index >= 15 is 0 Å². The van der Waals surface area contributed by atoms with Crippen LogP contribution >= 0.6 is 0 Å². The summed E-state index contributed by atoms with van der Waals surface area (Å²) in [6.45, 7) is 13.3. The average Bonchev–Trinajstić information content (AvgIpc) is 2.35. The Balaban J connectivity index is 2.11. The van der Waals surface area contributed by atoms with Gasteiger partial charge in [0, 0.05) is 39.3 Å². The highest BCUT2D eigenvalue weighted by Gasteiger charge is 2.33. The number of carbonyl (C=O) groups excluding carboxylic acids is 1. The monoisotopic (exact) mass is 284 g/mol. The summed E-state index contributed by atoms with van der Waals surface area (Å²) in [4.78, 5) is 16.6. The van der Waals surface area contributed by atoms with E-state index in [4.69, 9.17) is 0 Å². The molecule has 1 aliphatic heterocycles. The van der Waals surface area contributed by atoms with Crippen molar-refractivity contribution >= 4 is 5.91 Å². The number of likely N-dealkylation sites (tertiary alicyclic amines) is 1. The van der Waals surface area contributed by atoms with E-state index in [1.807, 2.05) is 0 Å². The summed E-state index contributed by atoms with van der Waals surface area (Å²) in [7, 11) is 2.10. The van der Waals surface area contributed by atoms with Gasteiger partial charge < -0.3 is 15.5 Å². The normalized spacial score (nSPS) is 19.4. The molecule has 0 spiro atoms. The van der Waals surface area contributed by atoms with Crippen molar-refractivity contribution in [1.29, 1.82) is 0 Å². The van der Waals surface area contributed by atoms with Gasteiger partial charge in [-0.2, -0.15) is 0 Å². The molecule has 1 rings (SSSR count). The van der Waals surface area contributed by atoms with Crippen molar-refractivity contribution in [3.05, 3.63) is 0 Å². The zero-order chi connectivity index (χ0) is 15.0. The molecular weight excluding hydrogens is 252 g/mol. The lowest BCUT2D eigenvalue weighted by Crippen LogP contribution is -2.57. The molecule has 0 radical (unpaired) electrons. The number of hydrogen-bond donors (Lipinski definition) is 2. The second kappa shape index (κ2) is 9.32. The third-order valence-corrected chi connectivity index (χ3v) is 3.75. The first kappa shape index (κ1) is 17.4. The van der Waals surface area contributed by atoms with Gasteiger partial charge in [-0.05, 0) is 25.9 Å². The topological polar surface area (TPSA) is 47.6 Å². The standard InChI is InChI=1S/C15H32N4O/c1-5-16-7-10-18(4)11-8-17-15(20)14-6-9-19(14)12-13(2)3/h13-14,16H,5-12H2,1-4H3,(H,17,20). The summed E-state index contributed by atoms with van der Waals surface area (Å²) < 4.78 is 0. The number of hydrogen-bond acceptors (Lipinski definition) is 4. The third kappa shape index (κ3) is 6.20. The maximum Gasteiger partial charge on any atom is 0.237 e. The molecule has 1 heterocycles. The molecule has 2 N–H and O–H groups in total. The van der Waals surface area contributed by atoms with Crippen LogP contribution in [-0.4, -0.2) is 74.6 Å². The van der Waals surface area contributed by atoms with Crippen molar-refractivity contribution < 1.29 is 4.79 Å². The molecule has 0 aromatic rings. The molecule has 1 saturated heterocycles. The van der Waals surface area contributed by atoms with Crippen molar-refractivity contribution in [1.82, 2.24) is 20.4 Å². The molecule has 0 bridgehead atoms. The zero-order valence-corrected chi connectivity index (χ0v) is 13.6. The second-order valence-corrected chi connectivity index (χ2v) is 6.14. The Morgan fingerprint density at radius 3 is 2.60 bits per heavy atom. The lowest BCUT2D eigenvalue weighted by atomic mass is 10.00. The van der Waals surface area contributed by atoms with Crippen molar-refractivity contribution in [2.45, 2.75) is 33.2 Å². The SMILES string of the molecule is CCNCCN(C)CCNC(=O)C1CCN1CC(C)C. The van der Waals surface area contributed by atoms with E-state index in [1.54, 1.807) is 0 Å². The molecule has 1 unspecified atom stereocenters. The Bertz CT molecular complexity index is 283. The zero-order valence-electron chi connectivity index (χ0n) is 13.6. The lowest BCUT2D eigenvalue weighted by Gasteiger charge is -2.40. The Morgan fingerprint density at radius 2 is 2.05 bits per heavy atom. The molecule has 0 aliphatic carbocycles. The molecule has 5 nitrogen and oxygen atoms in total. The van der Waals surface area contributed by atoms with E-state index in [-0.39, 0.29) is 11.9 Å². The minimum atomic E-state index is 0.115. The minimum absolute atomic E-state index is 0.115. The van der Waals surface area contributed by atoms with Crippen LogP contribution in [0.3, 0.4) is 0 Å². The second-order valence-electron chi connectivity index (χ2n) is 6.14. The van der Waals surface area contributed by atoms with Gasteiger partial charge >= 0.3 is 0 Å². The number of nitrogens with zero attached hydrogens (tertiary/aromatic N) is 2. The van der Waals surface area contributed by atoms with Crippen LogP contribution in [0.2, 0.25) is 0 Å². The fourth-order valence-corrected chi connectivity index (χ4v) is 2.47. The predicted octanol–water partition coefficient (Wildman–Crippen LogP) is 0.374. The molecule has 1 aliphatic rings. The molecule has 118 valence electrons. The van der Waals surface area contributed by atoms with Gasteiger partial charge in [-0.15, -0.1) is 0 Å². The molecule has 1 atom stereocenters. The summed E-state index contributed by atoms with van der Waals surface area (Å²) in [5.41, 5.74) is 0. The number of carbonyl (C=O) groups is 1. The largest absolute Gasteiger partial charge is 0.353 e. The van der Waals surface area contributed by atoms with Gasteiger partial charge in [0.05, 0.1) is 6.04 Å². The van der Waals surface area contributed by atoms with E-state index in [0.717, 1.165) is 52.2 Å². The average molecular weight is 284 g/mol. The third-order valence-electron chi connectivity index (χ3n) is 3.75. The van der Waals surface area contributed by atoms with Crippen molar-refractivity contribution in [2.24, 2.45) is 5.92 Å². The Labute approximate surface area is 124 Å². The van der Waals surface area contributed by atoms with Gasteiger partial charge in [-0.25, -0.2) is 0 Å². The summed E-state index contributed by atoms with van der Waals surface area (Å²) in [6, 6.07) is 0.115. The smallest absolute Gasteiger partial charge is 0.237 e. The Hall–Kier alpha value is -0.650. The van der Waals surface area contributed by atoms with E-state index in [1.165, 1.54) is 0 Å². The van der Waals surface area contributed by atoms with Crippen LogP contribution in [0.4, 0.5) is 0 Å². The maximum absolute atomic E-state index is 12.1. The first-order chi connectivity index (χ1) is 9.54. The minimum Gasteiger partial charge on any atom is -0.353 e. The summed E-state index contributed by atoms with van der Waals surface area (Å²) in [5, 5.41) is 6.37. The van der Waals surface area contributed by atoms with Gasteiger partial charge in [0.2, 0.25) is 5.91 Å². The van der Waals surface area contributed by atoms with Crippen LogP contribution in [0, 0.1) is 5.92 Å². The van der Waals surface area contributed by atoms with Crippen molar-refractivity contribution in [3.63, 3.8) is 0 Å². The van der Waals surface area contributed by atoms with Gasteiger partial charge in [-0.1, -0.05) is 20.8 Å². The van der Waals surface area contributed by atoms with Gasteiger partial charge in [0.25, 0.3) is 0 Å². The van der Waals surface area contributed by atoms with Crippen LogP contribution in [-0.2, 0) is 4.79 Å². The van der Waals surface area contributed by atoms with E-state index in [0.29, 0.717) is 5.92 Å². The van der Waals surface area contributed by atoms with Crippen LogP contribution < -0.4 is 10.6 Å². The first-order valence-electron chi connectivity index (χ1n) is 7.95. The molecule has 20 heavy (non-hydrogen) atoms. The quantitative estimate of drug-likeness (QED) is 0.569. The fourth-order valence-electron chi connectivity index (χ4n) is 2.47. The molecule has 5 heteroatoms. The summed E-state index contributed by atoms with van der Waals surface area (Å²) >= 11 is 0. The van der Waals surface area contributed by atoms with Crippen LogP contribution in [0.15, 0.2) is 0 Å². The van der Waals surface area contributed by atoms with Gasteiger partial charge in [0.15, 0.2) is 0 Å².